The van der Waals surface area contributed by atoms with Crippen molar-refractivity contribution in [2.45, 2.75) is 138 Å². The summed E-state index contributed by atoms with van der Waals surface area (Å²) in [6, 6.07) is 72.0. The second kappa shape index (κ2) is 23.8. The Morgan fingerprint density at radius 2 is 1.07 bits per heavy atom. The van der Waals surface area contributed by atoms with E-state index in [4.69, 9.17) is 9.72 Å². The number of benzene rings is 9. The number of aromatic nitrogens is 2. The summed E-state index contributed by atoms with van der Waals surface area (Å²) in [5.74, 6) is 2.47. The third kappa shape index (κ3) is 11.9. The Kier molecular flexibility index (Phi) is 16.7. The van der Waals surface area contributed by atoms with Gasteiger partial charge in [0.15, 0.2) is 0 Å². The van der Waals surface area contributed by atoms with E-state index in [9.17, 15) is 0 Å². The third-order valence-corrected chi connectivity index (χ3v) is 17.3. The van der Waals surface area contributed by atoms with Crippen LogP contribution >= 0.6 is 0 Å². The number of ether oxygens (including phenoxy) is 1. The van der Waals surface area contributed by atoms with Gasteiger partial charge in [-0.15, -0.1) is 53.6 Å². The van der Waals surface area contributed by atoms with Crippen LogP contribution in [0.5, 0.6) is 11.5 Å². The molecule has 0 atom stereocenters. The number of pyridine rings is 1. The summed E-state index contributed by atoms with van der Waals surface area (Å²) in [5, 5.41) is 2.18. The van der Waals surface area contributed by atoms with E-state index < -0.39 is 0 Å². The predicted molar refractivity (Wildman–Crippen MR) is 364 cm³/mol. The Morgan fingerprint density at radius 1 is 0.477 bits per heavy atom. The zero-order valence-electron chi connectivity index (χ0n) is 53.6. The van der Waals surface area contributed by atoms with Crippen molar-refractivity contribution in [3.05, 3.63) is 246 Å². The largest absolute Gasteiger partial charge is 0.509 e. The number of para-hydroxylation sites is 3. The predicted octanol–water partition coefficient (Wildman–Crippen LogP) is 23.0. The molecule has 0 unspecified atom stereocenters. The fourth-order valence-corrected chi connectivity index (χ4v) is 12.3. The summed E-state index contributed by atoms with van der Waals surface area (Å²) in [5.41, 5.74) is 21.4. The van der Waals surface area contributed by atoms with Gasteiger partial charge in [-0.2, -0.15) is 6.07 Å². The van der Waals surface area contributed by atoms with Crippen molar-refractivity contribution in [2.75, 3.05) is 9.80 Å². The van der Waals surface area contributed by atoms with E-state index in [1.165, 1.54) is 38.9 Å². The van der Waals surface area contributed by atoms with Crippen molar-refractivity contribution >= 4 is 44.6 Å². The van der Waals surface area contributed by atoms with Crippen LogP contribution in [0.15, 0.2) is 188 Å². The maximum absolute atomic E-state index is 15.2. The minimum absolute atomic E-state index is 0. The number of halogens is 1. The molecule has 11 aromatic rings. The van der Waals surface area contributed by atoms with Crippen LogP contribution in [0.4, 0.5) is 27.1 Å². The van der Waals surface area contributed by atoms with Gasteiger partial charge < -0.3 is 19.1 Å². The molecule has 2 aromatic heterocycles. The summed E-state index contributed by atoms with van der Waals surface area (Å²) in [6.45, 7) is 36.5. The fraction of sp³-hybridized carbons (Fsp3) is 0.259. The van der Waals surface area contributed by atoms with Crippen LogP contribution in [0.2, 0.25) is 0 Å². The first-order valence-corrected chi connectivity index (χ1v) is 30.9. The van der Waals surface area contributed by atoms with E-state index in [1.54, 1.807) is 12.1 Å². The van der Waals surface area contributed by atoms with Gasteiger partial charge in [0.25, 0.3) is 0 Å². The molecule has 12 rings (SSSR count). The van der Waals surface area contributed by atoms with Gasteiger partial charge in [-0.05, 0) is 155 Å². The van der Waals surface area contributed by atoms with E-state index in [1.807, 2.05) is 24.4 Å². The Hall–Kier alpha value is -8.05. The number of anilines is 4. The maximum atomic E-state index is 15.2. The molecule has 3 heterocycles. The number of nitrogens with zero attached hydrogens (tertiary/aromatic N) is 4. The molecule has 0 amide bonds. The van der Waals surface area contributed by atoms with Crippen LogP contribution in [0.3, 0.4) is 0 Å². The zero-order chi connectivity index (χ0) is 61.4. The van der Waals surface area contributed by atoms with E-state index >= 15 is 4.39 Å². The van der Waals surface area contributed by atoms with Crippen LogP contribution < -0.4 is 14.5 Å². The molecule has 1 aliphatic heterocycles. The number of rotatable bonds is 12. The van der Waals surface area contributed by atoms with Crippen LogP contribution in [-0.4, -0.2) is 9.55 Å². The number of hydrogen-bond donors (Lipinski definition) is 0. The average Bonchev–Trinajstić information content (AvgIpc) is 1.63. The van der Waals surface area contributed by atoms with Gasteiger partial charge in [0.1, 0.15) is 11.6 Å². The molecule has 450 valence electrons. The van der Waals surface area contributed by atoms with Gasteiger partial charge in [-0.1, -0.05) is 213 Å². The Labute approximate surface area is 536 Å². The van der Waals surface area contributed by atoms with Crippen molar-refractivity contribution in [3.63, 3.8) is 0 Å². The van der Waals surface area contributed by atoms with Gasteiger partial charge in [0.2, 0.25) is 0 Å². The Bertz CT molecular complexity index is 4340. The molecule has 9 aromatic carbocycles. The van der Waals surface area contributed by atoms with Crippen LogP contribution in [-0.2, 0) is 37.3 Å². The molecular formula is C81H80FN4OPt-3. The standard InChI is InChI=1S/C81H80FN4O.Pt/c1-50(2)55-41-68(51(3)4)77(69(42-55)52(5)6)58-39-63(47-65(40-58)87-64-33-34-67-66-25-19-20-26-72(66)86(75(67)48-64)76-46-59(35-36-83-76)79(7,8)9)84-49-85(74-28-22-21-27-73(74)84)78-70(54-29-31-62(82)32-30-54)43-56(53-23-17-16-18-24-53)44-71(78)57-37-60(80(10,11)12)45-61(38-57)81(13,14)15;/h16-46,49-52H,1-15H3;/q-3;. The van der Waals surface area contributed by atoms with Crippen LogP contribution in [0.1, 0.15) is 155 Å². The first-order chi connectivity index (χ1) is 41.4. The molecule has 7 heteroatoms. The minimum Gasteiger partial charge on any atom is -0.509 e. The van der Waals surface area contributed by atoms with Crippen molar-refractivity contribution in [2.24, 2.45) is 0 Å². The molecule has 0 radical (unpaired) electrons. The molecular weight excluding hydrogens is 1260 g/mol. The first-order valence-electron chi connectivity index (χ1n) is 30.9. The van der Waals surface area contributed by atoms with Crippen molar-refractivity contribution in [1.82, 2.24) is 9.55 Å². The van der Waals surface area contributed by atoms with Crippen molar-refractivity contribution < 1.29 is 30.2 Å². The fourth-order valence-electron chi connectivity index (χ4n) is 12.3. The monoisotopic (exact) mass is 1340 g/mol. The van der Waals surface area contributed by atoms with Gasteiger partial charge in [-0.3, -0.25) is 0 Å². The van der Waals surface area contributed by atoms with Gasteiger partial charge in [0, 0.05) is 72.5 Å². The van der Waals surface area contributed by atoms with Crippen LogP contribution in [0.25, 0.3) is 72.1 Å². The van der Waals surface area contributed by atoms with Gasteiger partial charge in [-0.25, -0.2) is 9.37 Å². The molecule has 0 aliphatic carbocycles. The first kappa shape index (κ1) is 61.6. The Balaban J connectivity index is 0.00000800. The quantitative estimate of drug-likeness (QED) is 0.114. The summed E-state index contributed by atoms with van der Waals surface area (Å²) in [4.78, 5) is 9.60. The molecule has 0 saturated heterocycles. The molecule has 5 nitrogen and oxygen atoms in total. The van der Waals surface area contributed by atoms with Crippen LogP contribution in [0, 0.1) is 24.6 Å². The molecule has 0 bridgehead atoms. The normalized spacial score (nSPS) is 12.9. The molecule has 0 saturated carbocycles. The summed E-state index contributed by atoms with van der Waals surface area (Å²) >= 11 is 0. The summed E-state index contributed by atoms with van der Waals surface area (Å²) in [7, 11) is 0. The van der Waals surface area contributed by atoms with Crippen molar-refractivity contribution in [1.29, 1.82) is 0 Å². The second-order valence-electron chi connectivity index (χ2n) is 27.8. The topological polar surface area (TPSA) is 33.5 Å². The van der Waals surface area contributed by atoms with Gasteiger partial charge >= 0.3 is 0 Å². The molecule has 1 aliphatic rings. The van der Waals surface area contributed by atoms with E-state index in [2.05, 4.69) is 289 Å². The van der Waals surface area contributed by atoms with E-state index in [0.717, 1.165) is 89.3 Å². The zero-order valence-corrected chi connectivity index (χ0v) is 55.9. The SMILES string of the molecule is CC(C)c1cc(C(C)C)c(-c2cc(Oc3[c-]c4c(cc3)c3ccccc3n4-c3cc(C(C)(C)C)ccn3)[c-]c(N3[CH-]N(c4c(-c5ccc(F)cc5)cc(-c5ccccc5)cc4-c4cc(C(C)(C)C)cc(C(C)(C)C)c4)c4ccccc43)c2)c(C(C)C)c1.[Pt]. The van der Waals surface area contributed by atoms with Crippen molar-refractivity contribution in [3.8, 4) is 61.8 Å². The van der Waals surface area contributed by atoms with Gasteiger partial charge in [0.05, 0.1) is 0 Å². The number of fused-ring (bicyclic) bond motifs is 4. The Morgan fingerprint density at radius 3 is 1.68 bits per heavy atom. The third-order valence-electron chi connectivity index (χ3n) is 17.3. The molecule has 0 fully saturated rings. The summed E-state index contributed by atoms with van der Waals surface area (Å²) in [6.07, 6.45) is 1.91. The van der Waals surface area contributed by atoms with E-state index in [0.29, 0.717) is 17.4 Å². The second-order valence-corrected chi connectivity index (χ2v) is 27.8. The maximum Gasteiger partial charge on any atom is 0.135 e. The summed E-state index contributed by atoms with van der Waals surface area (Å²) < 4.78 is 24.6. The average molecular weight is 1340 g/mol. The van der Waals surface area contributed by atoms with E-state index in [-0.39, 0.29) is 55.0 Å². The smallest absolute Gasteiger partial charge is 0.135 e. The number of hydrogen-bond acceptors (Lipinski definition) is 4. The molecule has 0 spiro atoms. The molecule has 88 heavy (non-hydrogen) atoms. The minimum atomic E-state index is -0.284. The molecule has 0 N–H and O–H groups in total.